The maximum absolute atomic E-state index is 12.1. The van der Waals surface area contributed by atoms with E-state index in [9.17, 15) is 4.79 Å². The molecule has 2 rings (SSSR count). The fourth-order valence-corrected chi connectivity index (χ4v) is 2.97. The zero-order valence-electron chi connectivity index (χ0n) is 10.1. The third-order valence-electron chi connectivity index (χ3n) is 2.96. The molecule has 1 fully saturated rings. The van der Waals surface area contributed by atoms with E-state index in [0.29, 0.717) is 6.42 Å². The van der Waals surface area contributed by atoms with Gasteiger partial charge in [0, 0.05) is 42.4 Å². The van der Waals surface area contributed by atoms with Gasteiger partial charge in [-0.3, -0.25) is 4.79 Å². The van der Waals surface area contributed by atoms with Gasteiger partial charge in [-0.25, -0.2) is 0 Å². The van der Waals surface area contributed by atoms with Gasteiger partial charge in [0.1, 0.15) is 0 Å². The van der Waals surface area contributed by atoms with E-state index in [1.54, 1.807) is 11.3 Å². The van der Waals surface area contributed by atoms with Gasteiger partial charge in [-0.2, -0.15) is 0 Å². The summed E-state index contributed by atoms with van der Waals surface area (Å²) in [5.41, 5.74) is 5.98. The zero-order chi connectivity index (χ0) is 12.3. The topological polar surface area (TPSA) is 58.4 Å². The number of nitrogens with zero attached hydrogens (tertiary/aromatic N) is 1. The lowest BCUT2D eigenvalue weighted by molar-refractivity contribution is -0.133. The summed E-state index contributed by atoms with van der Waals surface area (Å²) in [6, 6.07) is 3.73. The lowest BCUT2D eigenvalue weighted by Crippen LogP contribution is -2.52. The van der Waals surface area contributed by atoms with E-state index in [1.807, 2.05) is 4.90 Å². The monoisotopic (exact) mass is 253 g/mol. The fraction of sp³-hybridized carbons (Fsp3) is 0.583. The van der Waals surface area contributed by atoms with E-state index >= 15 is 0 Å². The van der Waals surface area contributed by atoms with Crippen molar-refractivity contribution in [3.8, 4) is 0 Å². The van der Waals surface area contributed by atoms with E-state index in [1.165, 1.54) is 9.75 Å². The molecule has 1 aromatic rings. The van der Waals surface area contributed by atoms with Crippen LogP contribution >= 0.6 is 11.3 Å². The Hall–Kier alpha value is -0.910. The minimum Gasteiger partial charge on any atom is -0.339 e. The normalized spacial score (nSPS) is 18.1. The number of piperazine rings is 1. The van der Waals surface area contributed by atoms with E-state index in [-0.39, 0.29) is 5.91 Å². The predicted octanol–water partition coefficient (Wildman–Crippen LogP) is 0.358. The maximum atomic E-state index is 12.1. The lowest BCUT2D eigenvalue weighted by atomic mass is 10.1. The first-order chi connectivity index (χ1) is 8.16. The molecule has 0 spiro atoms. The standard InChI is InChI=1S/C12H19N3OS/c1-9-2-3-10(17-9)8-11(13)12(16)15-6-4-14-5-7-15/h2-3,11,14H,4-8,13H2,1H3. The Kier molecular flexibility index (Phi) is 4.15. The van der Waals surface area contributed by atoms with Crippen LogP contribution in [0.15, 0.2) is 12.1 Å². The van der Waals surface area contributed by atoms with Crippen molar-refractivity contribution in [3.63, 3.8) is 0 Å². The van der Waals surface area contributed by atoms with Crippen molar-refractivity contribution in [1.82, 2.24) is 10.2 Å². The number of nitrogens with one attached hydrogen (secondary N) is 1. The van der Waals surface area contributed by atoms with Gasteiger partial charge in [0.2, 0.25) is 5.91 Å². The maximum Gasteiger partial charge on any atom is 0.239 e. The first-order valence-corrected chi connectivity index (χ1v) is 6.79. The van der Waals surface area contributed by atoms with Crippen LogP contribution < -0.4 is 11.1 Å². The van der Waals surface area contributed by atoms with E-state index in [0.717, 1.165) is 26.2 Å². The van der Waals surface area contributed by atoms with E-state index in [2.05, 4.69) is 24.4 Å². The summed E-state index contributed by atoms with van der Waals surface area (Å²) >= 11 is 1.72. The van der Waals surface area contributed by atoms with E-state index in [4.69, 9.17) is 5.73 Å². The second-order valence-electron chi connectivity index (χ2n) is 4.40. The van der Waals surface area contributed by atoms with Gasteiger partial charge in [0.05, 0.1) is 6.04 Å². The highest BCUT2D eigenvalue weighted by atomic mass is 32.1. The summed E-state index contributed by atoms with van der Waals surface area (Å²) in [4.78, 5) is 16.4. The molecule has 1 aliphatic heterocycles. The summed E-state index contributed by atoms with van der Waals surface area (Å²) in [6.07, 6.45) is 0.654. The van der Waals surface area contributed by atoms with Crippen LogP contribution in [0.3, 0.4) is 0 Å². The minimum atomic E-state index is -0.397. The molecular weight excluding hydrogens is 234 g/mol. The van der Waals surface area contributed by atoms with Crippen LogP contribution in [0.2, 0.25) is 0 Å². The van der Waals surface area contributed by atoms with Gasteiger partial charge in [0.15, 0.2) is 0 Å². The lowest BCUT2D eigenvalue weighted by Gasteiger charge is -2.29. The quantitative estimate of drug-likeness (QED) is 0.817. The number of amides is 1. The first kappa shape index (κ1) is 12.5. The SMILES string of the molecule is Cc1ccc(CC(N)C(=O)N2CCNCC2)s1. The van der Waals surface area contributed by atoms with Crippen LogP contribution in [0.25, 0.3) is 0 Å². The van der Waals surface area contributed by atoms with Crippen molar-refractivity contribution in [1.29, 1.82) is 0 Å². The van der Waals surface area contributed by atoms with Gasteiger partial charge in [-0.05, 0) is 19.1 Å². The second kappa shape index (κ2) is 5.62. The number of carbonyl (C=O) groups is 1. The van der Waals surface area contributed by atoms with Crippen LogP contribution in [-0.4, -0.2) is 43.0 Å². The number of hydrogen-bond donors (Lipinski definition) is 2. The van der Waals surface area contributed by atoms with Crippen molar-refractivity contribution in [2.45, 2.75) is 19.4 Å². The molecule has 0 radical (unpaired) electrons. The van der Waals surface area contributed by atoms with Crippen molar-refractivity contribution >= 4 is 17.2 Å². The van der Waals surface area contributed by atoms with Gasteiger partial charge in [-0.15, -0.1) is 11.3 Å². The molecule has 2 heterocycles. The highest BCUT2D eigenvalue weighted by Crippen LogP contribution is 2.16. The Morgan fingerprint density at radius 2 is 2.24 bits per heavy atom. The highest BCUT2D eigenvalue weighted by molar-refractivity contribution is 7.11. The number of aryl methyl sites for hydroxylation is 1. The molecule has 0 aliphatic carbocycles. The van der Waals surface area contributed by atoms with E-state index < -0.39 is 6.04 Å². The van der Waals surface area contributed by atoms with Gasteiger partial charge < -0.3 is 16.0 Å². The van der Waals surface area contributed by atoms with Crippen molar-refractivity contribution in [2.24, 2.45) is 5.73 Å². The summed E-state index contributed by atoms with van der Waals surface area (Å²) < 4.78 is 0. The molecule has 5 heteroatoms. The molecule has 1 aromatic heterocycles. The predicted molar refractivity (Wildman–Crippen MR) is 70.2 cm³/mol. The fourth-order valence-electron chi connectivity index (χ4n) is 2.02. The molecule has 1 unspecified atom stereocenters. The first-order valence-electron chi connectivity index (χ1n) is 5.97. The number of carbonyl (C=O) groups excluding carboxylic acids is 1. The van der Waals surface area contributed by atoms with Gasteiger partial charge >= 0.3 is 0 Å². The third-order valence-corrected chi connectivity index (χ3v) is 3.99. The molecule has 3 N–H and O–H groups in total. The molecule has 0 aromatic carbocycles. The molecule has 94 valence electrons. The van der Waals surface area contributed by atoms with Crippen LogP contribution in [0.5, 0.6) is 0 Å². The molecule has 1 aliphatic rings. The Balaban J connectivity index is 1.90. The molecule has 4 nitrogen and oxygen atoms in total. The average molecular weight is 253 g/mol. The minimum absolute atomic E-state index is 0.0811. The molecule has 17 heavy (non-hydrogen) atoms. The summed E-state index contributed by atoms with van der Waals surface area (Å²) in [5, 5.41) is 3.23. The largest absolute Gasteiger partial charge is 0.339 e. The van der Waals surface area contributed by atoms with Crippen LogP contribution in [-0.2, 0) is 11.2 Å². The van der Waals surface area contributed by atoms with Crippen molar-refractivity contribution < 1.29 is 4.79 Å². The molecule has 0 saturated carbocycles. The Morgan fingerprint density at radius 1 is 1.53 bits per heavy atom. The van der Waals surface area contributed by atoms with Crippen LogP contribution in [0.4, 0.5) is 0 Å². The third kappa shape index (κ3) is 3.28. The molecular formula is C12H19N3OS. The Labute approximate surface area is 106 Å². The zero-order valence-corrected chi connectivity index (χ0v) is 10.9. The Morgan fingerprint density at radius 3 is 2.82 bits per heavy atom. The summed E-state index contributed by atoms with van der Waals surface area (Å²) in [6.45, 7) is 5.36. The van der Waals surface area contributed by atoms with Crippen LogP contribution in [0, 0.1) is 6.92 Å². The smallest absolute Gasteiger partial charge is 0.239 e. The summed E-state index contributed by atoms with van der Waals surface area (Å²) in [7, 11) is 0. The number of thiophene rings is 1. The van der Waals surface area contributed by atoms with Gasteiger partial charge in [0.25, 0.3) is 0 Å². The van der Waals surface area contributed by atoms with Crippen molar-refractivity contribution in [2.75, 3.05) is 26.2 Å². The second-order valence-corrected chi connectivity index (χ2v) is 5.77. The number of rotatable bonds is 3. The average Bonchev–Trinajstić information content (AvgIpc) is 2.75. The number of nitrogens with two attached hydrogens (primary N) is 1. The van der Waals surface area contributed by atoms with Crippen LogP contribution in [0.1, 0.15) is 9.75 Å². The molecule has 1 saturated heterocycles. The number of hydrogen-bond acceptors (Lipinski definition) is 4. The molecule has 0 bridgehead atoms. The Bertz CT molecular complexity index is 385. The molecule has 1 atom stereocenters. The molecule has 1 amide bonds. The summed E-state index contributed by atoms with van der Waals surface area (Å²) in [5.74, 6) is 0.0811. The van der Waals surface area contributed by atoms with Crippen molar-refractivity contribution in [3.05, 3.63) is 21.9 Å². The highest BCUT2D eigenvalue weighted by Gasteiger charge is 2.22. The van der Waals surface area contributed by atoms with Gasteiger partial charge in [-0.1, -0.05) is 0 Å².